The summed E-state index contributed by atoms with van der Waals surface area (Å²) in [5.74, 6) is -0.399. The maximum absolute atomic E-state index is 13.1. The third-order valence-electron chi connectivity index (χ3n) is 4.13. The molecule has 3 rings (SSSR count). The van der Waals surface area contributed by atoms with E-state index in [9.17, 15) is 9.59 Å². The van der Waals surface area contributed by atoms with Crippen LogP contribution in [0.3, 0.4) is 0 Å². The molecule has 2 aromatic rings. The zero-order valence-electron chi connectivity index (χ0n) is 15.5. The highest BCUT2D eigenvalue weighted by Crippen LogP contribution is 2.41. The highest BCUT2D eigenvalue weighted by atomic mass is 35.5. The predicted octanol–water partition coefficient (Wildman–Crippen LogP) is 3.97. The van der Waals surface area contributed by atoms with E-state index < -0.39 is 0 Å². The van der Waals surface area contributed by atoms with E-state index in [1.807, 2.05) is 36.4 Å². The van der Waals surface area contributed by atoms with Crippen LogP contribution < -0.4 is 10.2 Å². The van der Waals surface area contributed by atoms with Gasteiger partial charge in [-0.25, -0.2) is 0 Å². The van der Waals surface area contributed by atoms with Crippen LogP contribution >= 0.6 is 23.4 Å². The van der Waals surface area contributed by atoms with Gasteiger partial charge >= 0.3 is 0 Å². The van der Waals surface area contributed by atoms with Crippen molar-refractivity contribution in [2.45, 2.75) is 11.3 Å². The zero-order chi connectivity index (χ0) is 19.9. The number of nitrogens with one attached hydrogen (secondary N) is 1. The summed E-state index contributed by atoms with van der Waals surface area (Å²) < 4.78 is 4.98. The number of hydrogen-bond acceptors (Lipinski definition) is 4. The van der Waals surface area contributed by atoms with Crippen molar-refractivity contribution in [2.24, 2.45) is 0 Å². The van der Waals surface area contributed by atoms with Crippen LogP contribution in [-0.2, 0) is 14.3 Å². The van der Waals surface area contributed by atoms with Gasteiger partial charge in [-0.05, 0) is 42.3 Å². The molecular weight excluding hydrogens is 396 g/mol. The van der Waals surface area contributed by atoms with E-state index in [-0.39, 0.29) is 18.4 Å². The number of carbonyl (C=O) groups is 2. The van der Waals surface area contributed by atoms with E-state index in [4.69, 9.17) is 16.3 Å². The Hall–Kier alpha value is -2.28. The summed E-state index contributed by atoms with van der Waals surface area (Å²) in [4.78, 5) is 28.4. The van der Waals surface area contributed by atoms with Crippen LogP contribution in [0.2, 0.25) is 5.02 Å². The largest absolute Gasteiger partial charge is 0.385 e. The number of thioether (sulfide) groups is 1. The van der Waals surface area contributed by atoms with Crippen molar-refractivity contribution >= 4 is 46.9 Å². The average molecular weight is 417 g/mol. The molecule has 7 heteroatoms. The minimum atomic E-state index is -0.201. The summed E-state index contributed by atoms with van der Waals surface area (Å²) in [5.41, 5.74) is 1.58. The molecule has 2 aromatic carbocycles. The minimum absolute atomic E-state index is 0.0315. The van der Waals surface area contributed by atoms with Gasteiger partial charge < -0.3 is 10.1 Å². The topological polar surface area (TPSA) is 58.6 Å². The number of rotatable bonds is 7. The molecule has 0 saturated carbocycles. The van der Waals surface area contributed by atoms with Gasteiger partial charge in [-0.1, -0.05) is 47.6 Å². The molecule has 0 radical (unpaired) electrons. The van der Waals surface area contributed by atoms with Crippen LogP contribution in [-0.4, -0.2) is 38.6 Å². The molecule has 0 unspecified atom stereocenters. The van der Waals surface area contributed by atoms with Gasteiger partial charge in [-0.2, -0.15) is 0 Å². The van der Waals surface area contributed by atoms with Gasteiger partial charge in [-0.15, -0.1) is 0 Å². The molecule has 146 valence electrons. The van der Waals surface area contributed by atoms with Crippen LogP contribution in [0.15, 0.2) is 58.3 Å². The Labute approximate surface area is 173 Å². The van der Waals surface area contributed by atoms with Crippen LogP contribution in [0.1, 0.15) is 12.0 Å². The average Bonchev–Trinajstić information content (AvgIpc) is 2.68. The Morgan fingerprint density at radius 1 is 1.25 bits per heavy atom. The summed E-state index contributed by atoms with van der Waals surface area (Å²) in [6, 6.07) is 14.9. The fourth-order valence-corrected chi connectivity index (χ4v) is 4.07. The fourth-order valence-electron chi connectivity index (χ4n) is 2.81. The lowest BCUT2D eigenvalue weighted by atomic mass is 10.2. The first kappa shape index (κ1) is 20.5. The van der Waals surface area contributed by atoms with Gasteiger partial charge in [0.1, 0.15) is 6.54 Å². The van der Waals surface area contributed by atoms with Gasteiger partial charge in [-0.3, -0.25) is 14.5 Å². The third kappa shape index (κ3) is 5.16. The Bertz CT molecular complexity index is 901. The number of benzene rings is 2. The first-order valence-corrected chi connectivity index (χ1v) is 10.1. The van der Waals surface area contributed by atoms with Crippen molar-refractivity contribution < 1.29 is 14.3 Å². The highest BCUT2D eigenvalue weighted by Gasteiger charge is 2.30. The molecule has 2 amide bonds. The second-order valence-corrected chi connectivity index (χ2v) is 7.74. The van der Waals surface area contributed by atoms with Crippen LogP contribution in [0.25, 0.3) is 6.08 Å². The summed E-state index contributed by atoms with van der Waals surface area (Å²) in [6.45, 7) is 1.06. The molecule has 0 aliphatic carbocycles. The number of methoxy groups -OCH3 is 1. The van der Waals surface area contributed by atoms with Crippen molar-refractivity contribution in [1.29, 1.82) is 0 Å². The molecule has 5 nitrogen and oxygen atoms in total. The van der Waals surface area contributed by atoms with Crippen LogP contribution in [0.4, 0.5) is 5.69 Å². The number of fused-ring (bicyclic) bond motifs is 1. The van der Waals surface area contributed by atoms with E-state index >= 15 is 0 Å². The second kappa shape index (κ2) is 9.78. The lowest BCUT2D eigenvalue weighted by molar-refractivity contribution is -0.122. The lowest BCUT2D eigenvalue weighted by Gasteiger charge is -2.29. The van der Waals surface area contributed by atoms with E-state index in [1.165, 1.54) is 16.7 Å². The van der Waals surface area contributed by atoms with Crippen molar-refractivity contribution in [3.63, 3.8) is 0 Å². The Morgan fingerprint density at radius 3 is 2.86 bits per heavy atom. The molecule has 0 spiro atoms. The first-order valence-electron chi connectivity index (χ1n) is 8.90. The number of para-hydroxylation sites is 1. The van der Waals surface area contributed by atoms with Crippen molar-refractivity contribution in [1.82, 2.24) is 5.32 Å². The van der Waals surface area contributed by atoms with Crippen molar-refractivity contribution in [2.75, 3.05) is 31.7 Å². The van der Waals surface area contributed by atoms with Gasteiger partial charge in [0.25, 0.3) is 5.91 Å². The van der Waals surface area contributed by atoms with Crippen molar-refractivity contribution in [3.05, 3.63) is 64.0 Å². The Balaban J connectivity index is 1.82. The molecule has 1 aliphatic heterocycles. The molecule has 1 N–H and O–H groups in total. The molecular formula is C21H21ClN2O3S. The Kier molecular flexibility index (Phi) is 7.14. The molecule has 28 heavy (non-hydrogen) atoms. The van der Waals surface area contributed by atoms with Gasteiger partial charge in [0.05, 0.1) is 10.6 Å². The van der Waals surface area contributed by atoms with Crippen molar-refractivity contribution in [3.8, 4) is 0 Å². The lowest BCUT2D eigenvalue weighted by Crippen LogP contribution is -2.43. The maximum Gasteiger partial charge on any atom is 0.265 e. The molecule has 0 atom stereocenters. The normalized spacial score (nSPS) is 14.9. The summed E-state index contributed by atoms with van der Waals surface area (Å²) in [5, 5.41) is 3.44. The molecule has 1 aliphatic rings. The fraction of sp³-hybridized carbons (Fsp3) is 0.238. The zero-order valence-corrected chi connectivity index (χ0v) is 17.1. The van der Waals surface area contributed by atoms with E-state index in [0.29, 0.717) is 23.1 Å². The smallest absolute Gasteiger partial charge is 0.265 e. The van der Waals surface area contributed by atoms with E-state index in [0.717, 1.165) is 22.6 Å². The van der Waals surface area contributed by atoms with Gasteiger partial charge in [0.2, 0.25) is 5.91 Å². The second-order valence-electron chi connectivity index (χ2n) is 6.22. The first-order chi connectivity index (χ1) is 13.6. The number of amides is 2. The number of ether oxygens (including phenoxy) is 1. The third-order valence-corrected chi connectivity index (χ3v) is 5.44. The molecule has 1 heterocycles. The Morgan fingerprint density at radius 2 is 2.07 bits per heavy atom. The summed E-state index contributed by atoms with van der Waals surface area (Å²) >= 11 is 7.45. The molecule has 0 fully saturated rings. The maximum atomic E-state index is 13.1. The quantitative estimate of drug-likeness (QED) is 0.548. The number of hydrogen-bond donors (Lipinski definition) is 1. The monoisotopic (exact) mass is 416 g/mol. The van der Waals surface area contributed by atoms with Gasteiger partial charge in [0.15, 0.2) is 0 Å². The number of halogens is 1. The predicted molar refractivity (Wildman–Crippen MR) is 114 cm³/mol. The van der Waals surface area contributed by atoms with E-state index in [2.05, 4.69) is 5.32 Å². The number of carbonyl (C=O) groups excluding carboxylic acids is 2. The molecule has 0 aromatic heterocycles. The molecule has 0 saturated heterocycles. The standard InChI is InChI=1S/C21H21ClN2O3S/c1-27-11-5-10-23-20(25)14-24-17-8-2-3-9-18(17)28-19(21(24)26)13-15-6-4-7-16(22)12-15/h2-4,6-9,12-13H,5,10-11,14H2,1H3,(H,23,25). The van der Waals surface area contributed by atoms with Crippen LogP contribution in [0.5, 0.6) is 0 Å². The molecule has 0 bridgehead atoms. The number of nitrogens with zero attached hydrogens (tertiary/aromatic N) is 1. The van der Waals surface area contributed by atoms with E-state index in [1.54, 1.807) is 25.3 Å². The number of anilines is 1. The minimum Gasteiger partial charge on any atom is -0.385 e. The van der Waals surface area contributed by atoms with Gasteiger partial charge in [0, 0.05) is 30.2 Å². The highest BCUT2D eigenvalue weighted by molar-refractivity contribution is 8.04. The summed E-state index contributed by atoms with van der Waals surface area (Å²) in [6.07, 6.45) is 2.53. The van der Waals surface area contributed by atoms with Crippen LogP contribution in [0, 0.1) is 0 Å². The summed E-state index contributed by atoms with van der Waals surface area (Å²) in [7, 11) is 1.62. The SMILES string of the molecule is COCCCNC(=O)CN1C(=O)C(=Cc2cccc(Cl)c2)Sc2ccccc21.